The zero-order valence-corrected chi connectivity index (χ0v) is 12.4. The molecule has 0 spiro atoms. The molecule has 0 heterocycles. The van der Waals surface area contributed by atoms with Crippen LogP contribution in [-0.4, -0.2) is 45.8 Å². The van der Waals surface area contributed by atoms with Crippen molar-refractivity contribution in [1.82, 2.24) is 0 Å². The van der Waals surface area contributed by atoms with E-state index in [9.17, 15) is 19.5 Å². The van der Waals surface area contributed by atoms with Crippen LogP contribution in [0.3, 0.4) is 0 Å². The van der Waals surface area contributed by atoms with E-state index >= 15 is 0 Å². The molecule has 0 radical (unpaired) electrons. The third-order valence-electron chi connectivity index (χ3n) is 3.34. The molecule has 0 aliphatic heterocycles. The molecule has 0 saturated heterocycles. The van der Waals surface area contributed by atoms with Gasteiger partial charge in [0.05, 0.1) is 12.3 Å². The number of carboxylic acids is 3. The predicted molar refractivity (Wildman–Crippen MR) is 79.0 cm³/mol. The first-order valence-corrected chi connectivity index (χ1v) is 6.75. The Hall–Kier alpha value is -2.57. The van der Waals surface area contributed by atoms with Gasteiger partial charge in [0, 0.05) is 12.2 Å². The van der Waals surface area contributed by atoms with Crippen LogP contribution in [0.1, 0.15) is 19.4 Å². The van der Waals surface area contributed by atoms with Crippen molar-refractivity contribution in [2.24, 2.45) is 5.92 Å². The van der Waals surface area contributed by atoms with Crippen LogP contribution in [0, 0.1) is 5.92 Å². The van der Waals surface area contributed by atoms with E-state index in [0.717, 1.165) is 0 Å². The molecule has 0 fully saturated rings. The molecule has 1 aromatic rings. The molecule has 0 saturated carbocycles. The lowest BCUT2D eigenvalue weighted by Crippen LogP contribution is -2.43. The molecule has 0 bridgehead atoms. The Balaban J connectivity index is 3.02. The third kappa shape index (κ3) is 4.76. The number of nitrogens with zero attached hydrogens (tertiary/aromatic N) is 1. The third-order valence-corrected chi connectivity index (χ3v) is 3.34. The summed E-state index contributed by atoms with van der Waals surface area (Å²) < 4.78 is 0. The van der Waals surface area contributed by atoms with Crippen LogP contribution in [0.2, 0.25) is 0 Å². The fourth-order valence-electron chi connectivity index (χ4n) is 1.97. The second-order valence-corrected chi connectivity index (χ2v) is 5.14. The van der Waals surface area contributed by atoms with Crippen molar-refractivity contribution in [2.75, 3.05) is 11.4 Å². The molecule has 1 aromatic carbocycles. The summed E-state index contributed by atoms with van der Waals surface area (Å²) in [6.07, 6.45) is -0.125. The fraction of sp³-hybridized carbons (Fsp3) is 0.400. The van der Waals surface area contributed by atoms with Gasteiger partial charge in [-0.25, -0.2) is 4.79 Å². The van der Waals surface area contributed by atoms with Gasteiger partial charge in [-0.05, 0) is 24.6 Å². The van der Waals surface area contributed by atoms with Gasteiger partial charge in [-0.1, -0.05) is 19.1 Å². The van der Waals surface area contributed by atoms with E-state index in [0.29, 0.717) is 11.3 Å². The Morgan fingerprint density at radius 1 is 1.00 bits per heavy atom. The Bertz CT molecular complexity index is 554. The first-order valence-electron chi connectivity index (χ1n) is 6.75. The van der Waals surface area contributed by atoms with Gasteiger partial charge in [-0.15, -0.1) is 0 Å². The van der Waals surface area contributed by atoms with Crippen LogP contribution < -0.4 is 4.90 Å². The minimum atomic E-state index is -1.06. The Kier molecular flexibility index (Phi) is 5.91. The van der Waals surface area contributed by atoms with Crippen molar-refractivity contribution in [2.45, 2.75) is 26.3 Å². The lowest BCUT2D eigenvalue weighted by molar-refractivity contribution is -0.142. The van der Waals surface area contributed by atoms with E-state index < -0.39 is 29.9 Å². The van der Waals surface area contributed by atoms with Crippen molar-refractivity contribution in [3.8, 4) is 0 Å². The molecular formula is C15H19NO6. The van der Waals surface area contributed by atoms with Gasteiger partial charge < -0.3 is 20.2 Å². The number of hydrogen-bond donors (Lipinski definition) is 3. The topological polar surface area (TPSA) is 115 Å². The van der Waals surface area contributed by atoms with Crippen LogP contribution in [0.15, 0.2) is 24.3 Å². The van der Waals surface area contributed by atoms with Gasteiger partial charge in [0.25, 0.3) is 0 Å². The second-order valence-electron chi connectivity index (χ2n) is 5.14. The van der Waals surface area contributed by atoms with E-state index in [1.54, 1.807) is 24.3 Å². The standard InChI is InChI=1S/C15H19NO6/c1-9(14(19)20)8-16(10(2)15(21)22)12-5-3-11(4-6-12)7-13(17)18/h3-6,9-10H,7-8H2,1-2H3,(H,17,18)(H,19,20)(H,21,22). The molecule has 1 rings (SSSR count). The molecule has 0 aliphatic rings. The van der Waals surface area contributed by atoms with E-state index in [1.807, 2.05) is 0 Å². The first-order chi connectivity index (χ1) is 10.2. The maximum atomic E-state index is 11.2. The normalized spacial score (nSPS) is 13.2. The van der Waals surface area contributed by atoms with Gasteiger partial charge in [-0.3, -0.25) is 9.59 Å². The zero-order valence-electron chi connectivity index (χ0n) is 12.4. The smallest absolute Gasteiger partial charge is 0.326 e. The summed E-state index contributed by atoms with van der Waals surface area (Å²) in [5.41, 5.74) is 1.13. The summed E-state index contributed by atoms with van der Waals surface area (Å²) in [6.45, 7) is 3.02. The van der Waals surface area contributed by atoms with Gasteiger partial charge in [0.2, 0.25) is 0 Å². The highest BCUT2D eigenvalue weighted by atomic mass is 16.4. The van der Waals surface area contributed by atoms with Crippen molar-refractivity contribution >= 4 is 23.6 Å². The number of carboxylic acid groups (broad SMARTS) is 3. The zero-order chi connectivity index (χ0) is 16.9. The monoisotopic (exact) mass is 309 g/mol. The van der Waals surface area contributed by atoms with Crippen LogP contribution in [0.25, 0.3) is 0 Å². The molecule has 0 aliphatic carbocycles. The molecule has 120 valence electrons. The summed E-state index contributed by atoms with van der Waals surface area (Å²) in [7, 11) is 0. The number of aliphatic carboxylic acids is 3. The molecule has 3 N–H and O–H groups in total. The molecule has 2 atom stereocenters. The highest BCUT2D eigenvalue weighted by Gasteiger charge is 2.25. The maximum Gasteiger partial charge on any atom is 0.326 e. The van der Waals surface area contributed by atoms with Gasteiger partial charge in [0.15, 0.2) is 0 Å². The lowest BCUT2D eigenvalue weighted by atomic mass is 10.1. The number of hydrogen-bond acceptors (Lipinski definition) is 4. The van der Waals surface area contributed by atoms with E-state index in [-0.39, 0.29) is 13.0 Å². The maximum absolute atomic E-state index is 11.2. The highest BCUT2D eigenvalue weighted by Crippen LogP contribution is 2.20. The van der Waals surface area contributed by atoms with Gasteiger partial charge in [-0.2, -0.15) is 0 Å². The van der Waals surface area contributed by atoms with E-state index in [1.165, 1.54) is 18.7 Å². The summed E-state index contributed by atoms with van der Waals surface area (Å²) in [4.78, 5) is 34.3. The number of carbonyl (C=O) groups is 3. The SMILES string of the molecule is CC(CN(c1ccc(CC(=O)O)cc1)C(C)C(=O)O)C(=O)O. The van der Waals surface area contributed by atoms with Crippen LogP contribution in [0.4, 0.5) is 5.69 Å². The molecule has 22 heavy (non-hydrogen) atoms. The fourth-order valence-corrected chi connectivity index (χ4v) is 1.97. The quantitative estimate of drug-likeness (QED) is 0.663. The summed E-state index contributed by atoms with van der Waals surface area (Å²) in [6, 6.07) is 5.50. The van der Waals surface area contributed by atoms with Crippen LogP contribution >= 0.6 is 0 Å². The number of anilines is 1. The van der Waals surface area contributed by atoms with Crippen molar-refractivity contribution in [1.29, 1.82) is 0 Å². The summed E-state index contributed by atoms with van der Waals surface area (Å²) >= 11 is 0. The Morgan fingerprint density at radius 3 is 1.95 bits per heavy atom. The Labute approximate surface area is 127 Å². The molecular weight excluding hydrogens is 290 g/mol. The van der Waals surface area contributed by atoms with Gasteiger partial charge in [0.1, 0.15) is 6.04 Å². The molecule has 0 aromatic heterocycles. The molecule has 7 heteroatoms. The second kappa shape index (κ2) is 7.44. The summed E-state index contributed by atoms with van der Waals surface area (Å²) in [5, 5.41) is 26.9. The lowest BCUT2D eigenvalue weighted by Gasteiger charge is -2.30. The molecule has 0 amide bonds. The first kappa shape index (κ1) is 17.5. The van der Waals surface area contributed by atoms with Crippen molar-refractivity contribution in [3.63, 3.8) is 0 Å². The minimum Gasteiger partial charge on any atom is -0.481 e. The largest absolute Gasteiger partial charge is 0.481 e. The predicted octanol–water partition coefficient (Wildman–Crippen LogP) is 1.31. The average molecular weight is 309 g/mol. The number of benzene rings is 1. The minimum absolute atomic E-state index is 0.0427. The van der Waals surface area contributed by atoms with Crippen molar-refractivity contribution < 1.29 is 29.7 Å². The van der Waals surface area contributed by atoms with E-state index in [2.05, 4.69) is 0 Å². The Morgan fingerprint density at radius 2 is 1.55 bits per heavy atom. The van der Waals surface area contributed by atoms with Crippen LogP contribution in [-0.2, 0) is 20.8 Å². The van der Waals surface area contributed by atoms with E-state index in [4.69, 9.17) is 10.2 Å². The molecule has 2 unspecified atom stereocenters. The number of rotatable bonds is 8. The average Bonchev–Trinajstić information content (AvgIpc) is 2.44. The highest BCUT2D eigenvalue weighted by molar-refractivity contribution is 5.79. The molecule has 7 nitrogen and oxygen atoms in total. The van der Waals surface area contributed by atoms with Gasteiger partial charge >= 0.3 is 17.9 Å². The van der Waals surface area contributed by atoms with Crippen LogP contribution in [0.5, 0.6) is 0 Å². The summed E-state index contributed by atoms with van der Waals surface area (Å²) in [5.74, 6) is -3.76. The van der Waals surface area contributed by atoms with Crippen molar-refractivity contribution in [3.05, 3.63) is 29.8 Å².